The molecule has 0 bridgehead atoms. The molecule has 0 unspecified atom stereocenters. The first-order chi connectivity index (χ1) is 14.5. The molecule has 1 N–H and O–H groups in total. The zero-order chi connectivity index (χ0) is 21.1. The van der Waals surface area contributed by atoms with Gasteiger partial charge >= 0.3 is 0 Å². The van der Waals surface area contributed by atoms with Gasteiger partial charge in [0.1, 0.15) is 5.75 Å². The van der Waals surface area contributed by atoms with Gasteiger partial charge in [-0.25, -0.2) is 0 Å². The third-order valence-electron chi connectivity index (χ3n) is 4.73. The van der Waals surface area contributed by atoms with Crippen molar-refractivity contribution in [2.75, 3.05) is 0 Å². The van der Waals surface area contributed by atoms with Crippen molar-refractivity contribution >= 4 is 40.6 Å². The summed E-state index contributed by atoms with van der Waals surface area (Å²) in [5.74, 6) is -0.314. The Labute approximate surface area is 183 Å². The van der Waals surface area contributed by atoms with Gasteiger partial charge < -0.3 is 5.11 Å². The number of carbonyl (C=O) groups excluding carboxylic acids is 2. The first-order valence-corrected chi connectivity index (χ1v) is 10.5. The van der Waals surface area contributed by atoms with Crippen LogP contribution in [0.25, 0.3) is 6.08 Å². The zero-order valence-corrected chi connectivity index (χ0v) is 17.5. The van der Waals surface area contributed by atoms with Crippen molar-refractivity contribution in [3.8, 4) is 5.75 Å². The van der Waals surface area contributed by atoms with E-state index in [0.29, 0.717) is 17.0 Å². The third kappa shape index (κ3) is 4.58. The lowest BCUT2D eigenvalue weighted by Crippen LogP contribution is -2.27. The van der Waals surface area contributed by atoms with E-state index in [0.717, 1.165) is 28.5 Å². The molecular formula is C24H18ClNO3S. The molecule has 1 fully saturated rings. The van der Waals surface area contributed by atoms with Gasteiger partial charge in [0.15, 0.2) is 0 Å². The minimum Gasteiger partial charge on any atom is -0.507 e. The summed E-state index contributed by atoms with van der Waals surface area (Å²) in [6.45, 7) is 0.155. The molecule has 4 nitrogen and oxygen atoms in total. The van der Waals surface area contributed by atoms with Gasteiger partial charge in [0.05, 0.1) is 11.4 Å². The largest absolute Gasteiger partial charge is 0.507 e. The maximum atomic E-state index is 12.8. The fourth-order valence-corrected chi connectivity index (χ4v) is 4.30. The van der Waals surface area contributed by atoms with Crippen LogP contribution in [-0.2, 0) is 17.8 Å². The number of hydrogen-bond donors (Lipinski definition) is 1. The zero-order valence-electron chi connectivity index (χ0n) is 15.9. The minimum atomic E-state index is -0.377. The molecule has 2 amide bonds. The first kappa shape index (κ1) is 20.3. The summed E-state index contributed by atoms with van der Waals surface area (Å²) in [5, 5.41) is 10.5. The summed E-state index contributed by atoms with van der Waals surface area (Å²) in [5.41, 5.74) is 3.44. The van der Waals surface area contributed by atoms with Crippen LogP contribution in [0.3, 0.4) is 0 Å². The van der Waals surface area contributed by atoms with Gasteiger partial charge in [0.25, 0.3) is 11.1 Å². The molecule has 0 spiro atoms. The van der Waals surface area contributed by atoms with Crippen molar-refractivity contribution in [3.63, 3.8) is 0 Å². The Morgan fingerprint density at radius 3 is 2.43 bits per heavy atom. The van der Waals surface area contributed by atoms with Gasteiger partial charge in [-0.15, -0.1) is 0 Å². The number of benzene rings is 3. The number of thioether (sulfide) groups is 1. The summed E-state index contributed by atoms with van der Waals surface area (Å²) >= 11 is 6.87. The van der Waals surface area contributed by atoms with Crippen LogP contribution in [0.15, 0.2) is 77.7 Å². The average Bonchev–Trinajstić information content (AvgIpc) is 2.99. The second kappa shape index (κ2) is 8.78. The van der Waals surface area contributed by atoms with Crippen molar-refractivity contribution in [1.29, 1.82) is 0 Å². The van der Waals surface area contributed by atoms with E-state index >= 15 is 0 Å². The maximum absolute atomic E-state index is 12.8. The minimum absolute atomic E-state index is 0.0634. The predicted molar refractivity (Wildman–Crippen MR) is 120 cm³/mol. The molecule has 1 heterocycles. The lowest BCUT2D eigenvalue weighted by molar-refractivity contribution is -0.123. The average molecular weight is 436 g/mol. The Balaban J connectivity index is 1.56. The molecule has 0 aromatic heterocycles. The fraction of sp³-hybridized carbons (Fsp3) is 0.0833. The topological polar surface area (TPSA) is 57.6 Å². The number of rotatable bonds is 5. The number of imide groups is 1. The Bertz CT molecular complexity index is 1140. The highest BCUT2D eigenvalue weighted by atomic mass is 35.5. The van der Waals surface area contributed by atoms with Crippen molar-refractivity contribution < 1.29 is 14.7 Å². The van der Waals surface area contributed by atoms with Crippen molar-refractivity contribution in [1.82, 2.24) is 4.90 Å². The van der Waals surface area contributed by atoms with Crippen LogP contribution in [0.2, 0.25) is 5.02 Å². The fourth-order valence-electron chi connectivity index (χ4n) is 3.26. The Morgan fingerprint density at radius 1 is 0.900 bits per heavy atom. The van der Waals surface area contributed by atoms with Crippen molar-refractivity contribution in [2.24, 2.45) is 0 Å². The predicted octanol–water partition coefficient (Wildman–Crippen LogP) is 5.87. The van der Waals surface area contributed by atoms with Crippen LogP contribution in [-0.4, -0.2) is 21.2 Å². The molecule has 1 aliphatic heterocycles. The molecule has 0 atom stereocenters. The smallest absolute Gasteiger partial charge is 0.293 e. The van der Waals surface area contributed by atoms with E-state index in [2.05, 4.69) is 0 Å². The van der Waals surface area contributed by atoms with Gasteiger partial charge in [0, 0.05) is 10.6 Å². The first-order valence-electron chi connectivity index (χ1n) is 9.35. The summed E-state index contributed by atoms with van der Waals surface area (Å²) in [6, 6.07) is 22.4. The Morgan fingerprint density at radius 2 is 1.67 bits per heavy atom. The molecule has 6 heteroatoms. The molecule has 150 valence electrons. The molecule has 3 aromatic carbocycles. The van der Waals surface area contributed by atoms with Crippen LogP contribution in [0.1, 0.15) is 22.3 Å². The number of hydrogen-bond acceptors (Lipinski definition) is 4. The maximum Gasteiger partial charge on any atom is 0.293 e. The van der Waals surface area contributed by atoms with Crippen LogP contribution >= 0.6 is 23.4 Å². The van der Waals surface area contributed by atoms with E-state index in [-0.39, 0.29) is 28.3 Å². The van der Waals surface area contributed by atoms with Crippen LogP contribution in [0.5, 0.6) is 5.75 Å². The van der Waals surface area contributed by atoms with E-state index in [1.807, 2.05) is 48.5 Å². The number of phenols is 1. The summed E-state index contributed by atoms with van der Waals surface area (Å²) in [6.07, 6.45) is 2.28. The highest BCUT2D eigenvalue weighted by molar-refractivity contribution is 8.18. The number of carbonyl (C=O) groups is 2. The molecular weight excluding hydrogens is 418 g/mol. The molecule has 1 aliphatic rings. The lowest BCUT2D eigenvalue weighted by Gasteiger charge is -2.12. The van der Waals surface area contributed by atoms with E-state index in [1.54, 1.807) is 30.3 Å². The quantitative estimate of drug-likeness (QED) is 0.509. The van der Waals surface area contributed by atoms with E-state index in [9.17, 15) is 14.7 Å². The molecule has 3 aromatic rings. The summed E-state index contributed by atoms with van der Waals surface area (Å²) in [7, 11) is 0. The number of nitrogens with zero attached hydrogens (tertiary/aromatic N) is 1. The molecule has 0 saturated carbocycles. The van der Waals surface area contributed by atoms with Gasteiger partial charge in [-0.3, -0.25) is 14.5 Å². The van der Waals surface area contributed by atoms with Gasteiger partial charge in [-0.2, -0.15) is 0 Å². The van der Waals surface area contributed by atoms with Crippen LogP contribution in [0.4, 0.5) is 4.79 Å². The van der Waals surface area contributed by atoms with Crippen LogP contribution < -0.4 is 0 Å². The van der Waals surface area contributed by atoms with Crippen LogP contribution in [0, 0.1) is 0 Å². The standard InChI is InChI=1S/C24H18ClNO3S/c25-20-8-4-7-18(13-20)15-26-23(28)22(30-24(26)29)14-19-12-17(9-10-21(19)27)11-16-5-2-1-3-6-16/h1-10,12-14,27H,11,15H2/b22-14-. The molecule has 0 aliphatic carbocycles. The van der Waals surface area contributed by atoms with Crippen molar-refractivity contribution in [2.45, 2.75) is 13.0 Å². The Hall–Kier alpha value is -3.02. The summed E-state index contributed by atoms with van der Waals surface area (Å²) < 4.78 is 0. The lowest BCUT2D eigenvalue weighted by atomic mass is 10.0. The van der Waals surface area contributed by atoms with Gasteiger partial charge in [-0.1, -0.05) is 60.1 Å². The molecule has 30 heavy (non-hydrogen) atoms. The number of halogens is 1. The normalized spacial score (nSPS) is 15.2. The van der Waals surface area contributed by atoms with E-state index in [4.69, 9.17) is 11.6 Å². The molecule has 0 radical (unpaired) electrons. The highest BCUT2D eigenvalue weighted by Crippen LogP contribution is 2.35. The van der Waals surface area contributed by atoms with Gasteiger partial charge in [-0.05, 0) is 65.2 Å². The second-order valence-electron chi connectivity index (χ2n) is 6.95. The highest BCUT2D eigenvalue weighted by Gasteiger charge is 2.35. The Kier molecular flexibility index (Phi) is 5.93. The van der Waals surface area contributed by atoms with Gasteiger partial charge in [0.2, 0.25) is 0 Å². The van der Waals surface area contributed by atoms with Crippen molar-refractivity contribution in [3.05, 3.63) is 105 Å². The number of aromatic hydroxyl groups is 1. The number of phenolic OH excluding ortho intramolecular Hbond substituents is 1. The summed E-state index contributed by atoms with van der Waals surface area (Å²) in [4.78, 5) is 26.7. The van der Waals surface area contributed by atoms with E-state index in [1.165, 1.54) is 4.90 Å². The molecule has 4 rings (SSSR count). The molecule has 1 saturated heterocycles. The SMILES string of the molecule is O=C1S/C(=C\c2cc(Cc3ccccc3)ccc2O)C(=O)N1Cc1cccc(Cl)c1. The third-order valence-corrected chi connectivity index (χ3v) is 5.88. The monoisotopic (exact) mass is 435 g/mol. The van der Waals surface area contributed by atoms with E-state index < -0.39 is 0 Å². The second-order valence-corrected chi connectivity index (χ2v) is 8.38. The number of amides is 2.